The monoisotopic (exact) mass is 350 g/mol. The molecule has 3 rings (SSSR count). The summed E-state index contributed by atoms with van der Waals surface area (Å²) in [7, 11) is 0. The van der Waals surface area contributed by atoms with Crippen molar-refractivity contribution in [2.45, 2.75) is 70.9 Å². The lowest BCUT2D eigenvalue weighted by Gasteiger charge is -2.17. The fourth-order valence-corrected chi connectivity index (χ4v) is 2.90. The van der Waals surface area contributed by atoms with Crippen LogP contribution in [0.5, 0.6) is 0 Å². The maximum absolute atomic E-state index is 13.0. The van der Waals surface area contributed by atoms with Crippen LogP contribution in [0.25, 0.3) is 11.0 Å². The highest BCUT2D eigenvalue weighted by atomic mass is 19.3. The van der Waals surface area contributed by atoms with E-state index in [1.54, 1.807) is 19.2 Å². The number of hydrogen-bond acceptors (Lipinski definition) is 3. The zero-order valence-electron chi connectivity index (χ0n) is 14.8. The van der Waals surface area contributed by atoms with E-state index in [-0.39, 0.29) is 12.5 Å². The summed E-state index contributed by atoms with van der Waals surface area (Å²) in [6, 6.07) is 0.750. The van der Waals surface area contributed by atoms with Crippen LogP contribution in [0.3, 0.4) is 0 Å². The third kappa shape index (κ3) is 3.50. The highest BCUT2D eigenvalue weighted by Gasteiger charge is 2.29. The van der Waals surface area contributed by atoms with E-state index in [0.717, 1.165) is 25.0 Å². The summed E-state index contributed by atoms with van der Waals surface area (Å²) in [4.78, 5) is 17.4. The lowest BCUT2D eigenvalue weighted by molar-refractivity contribution is 0.0738. The molecule has 2 aromatic rings. The first-order valence-electron chi connectivity index (χ1n) is 8.93. The van der Waals surface area contributed by atoms with Crippen LogP contribution in [-0.2, 0) is 0 Å². The summed E-state index contributed by atoms with van der Waals surface area (Å²) in [6.45, 7) is 5.74. The zero-order valence-corrected chi connectivity index (χ0v) is 14.8. The average Bonchev–Trinajstić information content (AvgIpc) is 3.37. The Balaban J connectivity index is 2.04. The summed E-state index contributed by atoms with van der Waals surface area (Å²) >= 11 is 0. The number of amides is 1. The Labute approximate surface area is 145 Å². The van der Waals surface area contributed by atoms with Crippen molar-refractivity contribution in [1.29, 1.82) is 0 Å². The Hall–Kier alpha value is -2.05. The van der Waals surface area contributed by atoms with E-state index in [0.29, 0.717) is 22.5 Å². The summed E-state index contributed by atoms with van der Waals surface area (Å²) in [5.74, 6) is -0.126. The maximum Gasteiger partial charge on any atom is 0.258 e. The van der Waals surface area contributed by atoms with Crippen LogP contribution in [0.15, 0.2) is 12.3 Å². The molecule has 1 aliphatic carbocycles. The number of carbonyl (C=O) groups is 1. The van der Waals surface area contributed by atoms with E-state index in [9.17, 15) is 13.6 Å². The minimum Gasteiger partial charge on any atom is -0.344 e. The predicted molar refractivity (Wildman–Crippen MR) is 92.1 cm³/mol. The Bertz CT molecular complexity index is 770. The standard InChI is InChI=1S/C18H24F2N4O/c1-4-10(3)24-17-13(9-21-24)12(8-15(22-17)11-6-7-11)18(25)23-14(5-2)16(19)20/h8-11,14,16H,4-7H2,1-3H3,(H,23,25)/t10?,14-/m1/s1. The summed E-state index contributed by atoms with van der Waals surface area (Å²) < 4.78 is 27.9. The van der Waals surface area contributed by atoms with Crippen LogP contribution in [-0.4, -0.2) is 33.1 Å². The number of nitrogens with zero attached hydrogens (tertiary/aromatic N) is 3. The second-order valence-electron chi connectivity index (χ2n) is 6.78. The van der Waals surface area contributed by atoms with Crippen LogP contribution < -0.4 is 5.32 Å². The SMILES string of the molecule is CCC(C)n1ncc2c(C(=O)N[C@H](CC)C(F)F)cc(C3CC3)nc21. The number of aromatic nitrogens is 3. The van der Waals surface area contributed by atoms with Crippen molar-refractivity contribution in [1.82, 2.24) is 20.1 Å². The molecule has 1 N–H and O–H groups in total. The lowest BCUT2D eigenvalue weighted by Crippen LogP contribution is -2.39. The summed E-state index contributed by atoms with van der Waals surface area (Å²) in [6.07, 6.45) is 2.19. The predicted octanol–water partition coefficient (Wildman–Crippen LogP) is 4.05. The molecule has 0 aromatic carbocycles. The molecular weight excluding hydrogens is 326 g/mol. The number of hydrogen-bond donors (Lipinski definition) is 1. The number of alkyl halides is 2. The number of carbonyl (C=O) groups excluding carboxylic acids is 1. The number of pyridine rings is 1. The van der Waals surface area contributed by atoms with Crippen molar-refractivity contribution < 1.29 is 13.6 Å². The molecule has 0 saturated heterocycles. The van der Waals surface area contributed by atoms with Gasteiger partial charge in [-0.1, -0.05) is 13.8 Å². The topological polar surface area (TPSA) is 59.8 Å². The van der Waals surface area contributed by atoms with Crippen LogP contribution in [0, 0.1) is 0 Å². The van der Waals surface area contributed by atoms with Gasteiger partial charge in [-0.25, -0.2) is 18.4 Å². The first-order valence-corrected chi connectivity index (χ1v) is 8.93. The minimum atomic E-state index is -2.59. The fraction of sp³-hybridized carbons (Fsp3) is 0.611. The van der Waals surface area contributed by atoms with Gasteiger partial charge in [-0.05, 0) is 38.7 Å². The van der Waals surface area contributed by atoms with Crippen molar-refractivity contribution in [3.05, 3.63) is 23.5 Å². The number of halogens is 2. The van der Waals surface area contributed by atoms with Crippen molar-refractivity contribution in [2.75, 3.05) is 0 Å². The number of nitrogens with one attached hydrogen (secondary N) is 1. The lowest BCUT2D eigenvalue weighted by atomic mass is 10.1. The van der Waals surface area contributed by atoms with Gasteiger partial charge in [-0.2, -0.15) is 5.10 Å². The molecule has 5 nitrogen and oxygen atoms in total. The van der Waals surface area contributed by atoms with Crippen LogP contribution in [0.1, 0.15) is 74.5 Å². The molecule has 136 valence electrons. The van der Waals surface area contributed by atoms with E-state index in [1.165, 1.54) is 0 Å². The Morgan fingerprint density at radius 3 is 2.64 bits per heavy atom. The molecule has 2 aromatic heterocycles. The summed E-state index contributed by atoms with van der Waals surface area (Å²) in [5, 5.41) is 7.47. The molecule has 1 amide bonds. The van der Waals surface area contributed by atoms with E-state index in [4.69, 9.17) is 4.98 Å². The molecule has 0 bridgehead atoms. The largest absolute Gasteiger partial charge is 0.344 e. The van der Waals surface area contributed by atoms with Crippen LogP contribution in [0.4, 0.5) is 8.78 Å². The first-order chi connectivity index (χ1) is 12.0. The van der Waals surface area contributed by atoms with Gasteiger partial charge in [-0.3, -0.25) is 4.79 Å². The van der Waals surface area contributed by atoms with Gasteiger partial charge in [0.05, 0.1) is 29.2 Å². The number of fused-ring (bicyclic) bond motifs is 1. The normalized spacial score (nSPS) is 17.0. The van der Waals surface area contributed by atoms with Crippen molar-refractivity contribution >= 4 is 16.9 Å². The summed E-state index contributed by atoms with van der Waals surface area (Å²) in [5.41, 5.74) is 1.90. The van der Waals surface area contributed by atoms with Gasteiger partial charge in [0.15, 0.2) is 5.65 Å². The van der Waals surface area contributed by atoms with Crippen LogP contribution >= 0.6 is 0 Å². The molecule has 2 atom stereocenters. The van der Waals surface area contributed by atoms with Gasteiger partial charge >= 0.3 is 0 Å². The average molecular weight is 350 g/mol. The van der Waals surface area contributed by atoms with E-state index >= 15 is 0 Å². The Kier molecular flexibility index (Phi) is 5.01. The second-order valence-corrected chi connectivity index (χ2v) is 6.78. The van der Waals surface area contributed by atoms with Gasteiger partial charge in [-0.15, -0.1) is 0 Å². The third-order valence-electron chi connectivity index (χ3n) is 4.90. The molecule has 1 unspecified atom stereocenters. The Morgan fingerprint density at radius 1 is 1.36 bits per heavy atom. The molecule has 1 aliphatic rings. The minimum absolute atomic E-state index is 0.153. The van der Waals surface area contributed by atoms with E-state index < -0.39 is 18.4 Å². The smallest absolute Gasteiger partial charge is 0.258 e. The zero-order chi connectivity index (χ0) is 18.1. The molecule has 1 saturated carbocycles. The van der Waals surface area contributed by atoms with Crippen molar-refractivity contribution in [3.63, 3.8) is 0 Å². The molecular formula is C18H24F2N4O. The molecule has 25 heavy (non-hydrogen) atoms. The highest BCUT2D eigenvalue weighted by molar-refractivity contribution is 6.05. The van der Waals surface area contributed by atoms with Gasteiger partial charge in [0.2, 0.25) is 0 Å². The molecule has 1 fully saturated rings. The van der Waals surface area contributed by atoms with E-state index in [1.807, 2.05) is 11.6 Å². The van der Waals surface area contributed by atoms with Crippen molar-refractivity contribution in [2.24, 2.45) is 0 Å². The molecule has 0 aliphatic heterocycles. The molecule has 7 heteroatoms. The maximum atomic E-state index is 13.0. The van der Waals surface area contributed by atoms with E-state index in [2.05, 4.69) is 17.3 Å². The Morgan fingerprint density at radius 2 is 2.08 bits per heavy atom. The molecule has 2 heterocycles. The molecule has 0 radical (unpaired) electrons. The highest BCUT2D eigenvalue weighted by Crippen LogP contribution is 2.40. The van der Waals surface area contributed by atoms with Gasteiger partial charge in [0.1, 0.15) is 0 Å². The third-order valence-corrected chi connectivity index (χ3v) is 4.90. The number of rotatable bonds is 7. The quantitative estimate of drug-likeness (QED) is 0.819. The second kappa shape index (κ2) is 7.06. The van der Waals surface area contributed by atoms with Crippen molar-refractivity contribution in [3.8, 4) is 0 Å². The van der Waals surface area contributed by atoms with Crippen LogP contribution in [0.2, 0.25) is 0 Å². The van der Waals surface area contributed by atoms with Gasteiger partial charge < -0.3 is 5.32 Å². The molecule has 0 spiro atoms. The first kappa shape index (κ1) is 17.8. The van der Waals surface area contributed by atoms with Gasteiger partial charge in [0.25, 0.3) is 12.3 Å². The van der Waals surface area contributed by atoms with Gasteiger partial charge in [0, 0.05) is 11.6 Å². The fourth-order valence-electron chi connectivity index (χ4n) is 2.90.